The van der Waals surface area contributed by atoms with Gasteiger partial charge in [-0.2, -0.15) is 0 Å². The van der Waals surface area contributed by atoms with Crippen LogP contribution in [0.3, 0.4) is 0 Å². The molecule has 0 heterocycles. The molecule has 3 heteroatoms. The topological polar surface area (TPSA) is 29.3 Å². The summed E-state index contributed by atoms with van der Waals surface area (Å²) in [6, 6.07) is 6.41. The zero-order chi connectivity index (χ0) is 14.3. The van der Waals surface area contributed by atoms with Crippen molar-refractivity contribution >= 4 is 17.3 Å². The summed E-state index contributed by atoms with van der Waals surface area (Å²) in [6.07, 6.45) is 4.20. The molecule has 1 rings (SSSR count). The number of halogens is 1. The minimum Gasteiger partial charge on any atom is -0.371 e. The van der Waals surface area contributed by atoms with E-state index in [1.807, 2.05) is 6.07 Å². The van der Waals surface area contributed by atoms with Crippen LogP contribution in [0.4, 0.5) is 5.69 Å². The van der Waals surface area contributed by atoms with Crippen molar-refractivity contribution in [3.63, 3.8) is 0 Å². The summed E-state index contributed by atoms with van der Waals surface area (Å²) in [5.74, 6) is 0. The normalized spacial score (nSPS) is 12.5. The van der Waals surface area contributed by atoms with Crippen LogP contribution in [0.5, 0.6) is 0 Å². The molecule has 1 aromatic rings. The SMILES string of the molecule is CCCN(CCC)c1ccc(Cl)cc1CC(N)CC. The molecule has 1 aromatic carbocycles. The number of benzene rings is 1. The molecule has 0 amide bonds. The first-order chi connectivity index (χ1) is 9.12. The van der Waals surface area contributed by atoms with Crippen molar-refractivity contribution in [3.8, 4) is 0 Å². The van der Waals surface area contributed by atoms with Crippen LogP contribution >= 0.6 is 11.6 Å². The van der Waals surface area contributed by atoms with E-state index >= 15 is 0 Å². The molecule has 0 fully saturated rings. The fraction of sp³-hybridized carbons (Fsp3) is 0.625. The monoisotopic (exact) mass is 282 g/mol. The minimum absolute atomic E-state index is 0.210. The Labute approximate surface area is 122 Å². The Morgan fingerprint density at radius 2 is 1.79 bits per heavy atom. The standard InChI is InChI=1S/C16H27ClN2/c1-4-9-19(10-5-2)16-8-7-14(17)11-13(16)12-15(18)6-3/h7-8,11,15H,4-6,9-10,12,18H2,1-3H3. The lowest BCUT2D eigenvalue weighted by Gasteiger charge is -2.27. The van der Waals surface area contributed by atoms with Gasteiger partial charge in [-0.15, -0.1) is 0 Å². The van der Waals surface area contributed by atoms with Crippen LogP contribution in [0.1, 0.15) is 45.6 Å². The number of nitrogens with zero attached hydrogens (tertiary/aromatic N) is 1. The van der Waals surface area contributed by atoms with Gasteiger partial charge in [-0.25, -0.2) is 0 Å². The van der Waals surface area contributed by atoms with Crippen molar-refractivity contribution < 1.29 is 0 Å². The molecule has 0 aliphatic rings. The van der Waals surface area contributed by atoms with Crippen molar-refractivity contribution in [3.05, 3.63) is 28.8 Å². The molecule has 108 valence electrons. The maximum absolute atomic E-state index is 6.14. The Balaban J connectivity index is 3.01. The van der Waals surface area contributed by atoms with Gasteiger partial charge in [0, 0.05) is 29.8 Å². The van der Waals surface area contributed by atoms with Gasteiger partial charge in [-0.05, 0) is 49.4 Å². The van der Waals surface area contributed by atoms with Crippen LogP contribution in [-0.2, 0) is 6.42 Å². The average molecular weight is 283 g/mol. The maximum Gasteiger partial charge on any atom is 0.0410 e. The van der Waals surface area contributed by atoms with E-state index in [4.69, 9.17) is 17.3 Å². The number of rotatable bonds is 8. The summed E-state index contributed by atoms with van der Waals surface area (Å²) in [4.78, 5) is 2.45. The van der Waals surface area contributed by atoms with Gasteiger partial charge in [0.25, 0.3) is 0 Å². The van der Waals surface area contributed by atoms with Crippen LogP contribution in [0, 0.1) is 0 Å². The summed E-state index contributed by atoms with van der Waals surface area (Å²) in [6.45, 7) is 8.74. The van der Waals surface area contributed by atoms with Gasteiger partial charge < -0.3 is 10.6 Å². The van der Waals surface area contributed by atoms with Gasteiger partial charge in [-0.1, -0.05) is 32.4 Å². The van der Waals surface area contributed by atoms with Crippen LogP contribution in [0.15, 0.2) is 18.2 Å². The Kier molecular flexibility index (Phi) is 7.25. The fourth-order valence-electron chi connectivity index (χ4n) is 2.35. The van der Waals surface area contributed by atoms with Crippen molar-refractivity contribution in [2.24, 2.45) is 5.73 Å². The van der Waals surface area contributed by atoms with E-state index in [9.17, 15) is 0 Å². The second-order valence-corrected chi connectivity index (χ2v) is 5.57. The van der Waals surface area contributed by atoms with E-state index in [2.05, 4.69) is 37.8 Å². The van der Waals surface area contributed by atoms with Gasteiger partial charge in [0.15, 0.2) is 0 Å². The van der Waals surface area contributed by atoms with Crippen molar-refractivity contribution in [2.45, 2.75) is 52.5 Å². The zero-order valence-corrected chi connectivity index (χ0v) is 13.2. The number of nitrogens with two attached hydrogens (primary N) is 1. The quantitative estimate of drug-likeness (QED) is 0.772. The summed E-state index contributed by atoms with van der Waals surface area (Å²) in [5.41, 5.74) is 8.69. The van der Waals surface area contributed by atoms with Crippen LogP contribution in [-0.4, -0.2) is 19.1 Å². The fourth-order valence-corrected chi connectivity index (χ4v) is 2.54. The molecule has 2 N–H and O–H groups in total. The number of hydrogen-bond donors (Lipinski definition) is 1. The first kappa shape index (κ1) is 16.3. The molecule has 0 bridgehead atoms. The molecule has 19 heavy (non-hydrogen) atoms. The first-order valence-electron chi connectivity index (χ1n) is 7.41. The molecule has 0 saturated heterocycles. The Morgan fingerprint density at radius 3 is 2.32 bits per heavy atom. The van der Waals surface area contributed by atoms with Gasteiger partial charge in [0.2, 0.25) is 0 Å². The van der Waals surface area contributed by atoms with E-state index < -0.39 is 0 Å². The van der Waals surface area contributed by atoms with Crippen LogP contribution in [0.2, 0.25) is 5.02 Å². The molecule has 0 spiro atoms. The van der Waals surface area contributed by atoms with Crippen molar-refractivity contribution in [2.75, 3.05) is 18.0 Å². The summed E-state index contributed by atoms with van der Waals surface area (Å²) < 4.78 is 0. The summed E-state index contributed by atoms with van der Waals surface area (Å²) in [5, 5.41) is 0.801. The average Bonchev–Trinajstić information content (AvgIpc) is 2.39. The van der Waals surface area contributed by atoms with Crippen LogP contribution < -0.4 is 10.6 Å². The van der Waals surface area contributed by atoms with E-state index in [0.717, 1.165) is 43.8 Å². The summed E-state index contributed by atoms with van der Waals surface area (Å²) >= 11 is 6.14. The molecule has 0 radical (unpaired) electrons. The third kappa shape index (κ3) is 5.04. The van der Waals surface area contributed by atoms with E-state index in [0.29, 0.717) is 0 Å². The molecule has 1 unspecified atom stereocenters. The predicted octanol–water partition coefficient (Wildman–Crippen LogP) is 4.25. The van der Waals surface area contributed by atoms with E-state index in [1.165, 1.54) is 11.3 Å². The second kappa shape index (κ2) is 8.44. The van der Waals surface area contributed by atoms with Crippen molar-refractivity contribution in [1.82, 2.24) is 0 Å². The molecular weight excluding hydrogens is 256 g/mol. The highest BCUT2D eigenvalue weighted by Crippen LogP contribution is 2.26. The maximum atomic E-state index is 6.14. The molecule has 0 aliphatic carbocycles. The molecule has 0 aliphatic heterocycles. The zero-order valence-electron chi connectivity index (χ0n) is 12.5. The largest absolute Gasteiger partial charge is 0.371 e. The lowest BCUT2D eigenvalue weighted by atomic mass is 10.0. The Morgan fingerprint density at radius 1 is 1.16 bits per heavy atom. The Bertz CT molecular complexity index is 373. The summed E-state index contributed by atoms with van der Waals surface area (Å²) in [7, 11) is 0. The number of anilines is 1. The number of hydrogen-bond acceptors (Lipinski definition) is 2. The van der Waals surface area contributed by atoms with Gasteiger partial charge >= 0.3 is 0 Å². The highest BCUT2D eigenvalue weighted by atomic mass is 35.5. The van der Waals surface area contributed by atoms with Gasteiger partial charge in [0.05, 0.1) is 0 Å². The first-order valence-corrected chi connectivity index (χ1v) is 7.79. The molecule has 1 atom stereocenters. The smallest absolute Gasteiger partial charge is 0.0410 e. The molecule has 2 nitrogen and oxygen atoms in total. The van der Waals surface area contributed by atoms with Crippen molar-refractivity contribution in [1.29, 1.82) is 0 Å². The third-order valence-corrected chi connectivity index (χ3v) is 3.61. The van der Waals surface area contributed by atoms with E-state index in [-0.39, 0.29) is 6.04 Å². The molecular formula is C16H27ClN2. The second-order valence-electron chi connectivity index (χ2n) is 5.13. The predicted molar refractivity (Wildman–Crippen MR) is 86.2 cm³/mol. The van der Waals surface area contributed by atoms with Crippen LogP contribution in [0.25, 0.3) is 0 Å². The minimum atomic E-state index is 0.210. The highest BCUT2D eigenvalue weighted by molar-refractivity contribution is 6.30. The Hall–Kier alpha value is -0.730. The van der Waals surface area contributed by atoms with E-state index in [1.54, 1.807) is 0 Å². The molecule has 0 saturated carbocycles. The highest BCUT2D eigenvalue weighted by Gasteiger charge is 2.12. The third-order valence-electron chi connectivity index (χ3n) is 3.38. The molecule has 0 aromatic heterocycles. The lowest BCUT2D eigenvalue weighted by Crippen LogP contribution is -2.28. The van der Waals surface area contributed by atoms with Gasteiger partial charge in [0.1, 0.15) is 0 Å². The van der Waals surface area contributed by atoms with Gasteiger partial charge in [-0.3, -0.25) is 0 Å². The lowest BCUT2D eigenvalue weighted by molar-refractivity contribution is 0.642.